The summed E-state index contributed by atoms with van der Waals surface area (Å²) < 4.78 is 0. The summed E-state index contributed by atoms with van der Waals surface area (Å²) in [5.74, 6) is -0.559. The van der Waals surface area contributed by atoms with Crippen LogP contribution in [0.4, 0.5) is 11.4 Å². The van der Waals surface area contributed by atoms with Crippen molar-refractivity contribution in [1.82, 2.24) is 4.98 Å². The number of anilines is 2. The number of aliphatic hydroxyl groups is 1. The average molecular weight is 363 g/mol. The monoisotopic (exact) mass is 363 g/mol. The average Bonchev–Trinajstić information content (AvgIpc) is 2.67. The first-order chi connectivity index (χ1) is 12.9. The molecule has 2 amide bonds. The molecule has 0 aliphatic carbocycles. The summed E-state index contributed by atoms with van der Waals surface area (Å²) in [5.41, 5.74) is 1.45. The quantitative estimate of drug-likeness (QED) is 0.647. The number of nitrogens with one attached hydrogen (secondary N) is 2. The summed E-state index contributed by atoms with van der Waals surface area (Å²) in [6.45, 7) is 3.05. The summed E-state index contributed by atoms with van der Waals surface area (Å²) in [4.78, 5) is 29.0. The fraction of sp³-hybridized carbons (Fsp3) is 0.190. The van der Waals surface area contributed by atoms with E-state index in [-0.39, 0.29) is 18.4 Å². The maximum atomic E-state index is 12.5. The highest BCUT2D eigenvalue weighted by molar-refractivity contribution is 6.06. The van der Waals surface area contributed by atoms with Crippen molar-refractivity contribution >= 4 is 34.1 Å². The number of carbonyl (C=O) groups is 2. The third-order valence-electron chi connectivity index (χ3n) is 4.26. The van der Waals surface area contributed by atoms with E-state index >= 15 is 0 Å². The number of hydrogen-bond donors (Lipinski definition) is 3. The molecule has 3 aromatic rings. The maximum Gasteiger partial charge on any atom is 0.255 e. The van der Waals surface area contributed by atoms with E-state index < -0.39 is 5.41 Å². The van der Waals surface area contributed by atoms with Crippen molar-refractivity contribution in [3.63, 3.8) is 0 Å². The summed E-state index contributed by atoms with van der Waals surface area (Å²) in [5, 5.41) is 15.8. The fourth-order valence-corrected chi connectivity index (χ4v) is 2.46. The first-order valence-corrected chi connectivity index (χ1v) is 8.57. The van der Waals surface area contributed by atoms with E-state index in [1.54, 1.807) is 56.4 Å². The molecule has 1 aromatic heterocycles. The minimum absolute atomic E-state index is 0.259. The summed E-state index contributed by atoms with van der Waals surface area (Å²) in [6, 6.07) is 16.0. The molecule has 0 aliphatic heterocycles. The van der Waals surface area contributed by atoms with Gasteiger partial charge < -0.3 is 15.7 Å². The van der Waals surface area contributed by atoms with E-state index in [4.69, 9.17) is 0 Å². The lowest BCUT2D eigenvalue weighted by molar-refractivity contribution is -0.125. The van der Waals surface area contributed by atoms with Gasteiger partial charge >= 0.3 is 0 Å². The van der Waals surface area contributed by atoms with Crippen molar-refractivity contribution in [1.29, 1.82) is 0 Å². The number of aromatic nitrogens is 1. The second-order valence-corrected chi connectivity index (χ2v) is 6.94. The van der Waals surface area contributed by atoms with Crippen molar-refractivity contribution in [3.05, 3.63) is 66.4 Å². The topological polar surface area (TPSA) is 91.3 Å². The Bertz CT molecular complexity index is 999. The number of amides is 2. The van der Waals surface area contributed by atoms with Crippen LogP contribution in [0, 0.1) is 5.41 Å². The zero-order chi connectivity index (χ0) is 19.4. The van der Waals surface area contributed by atoms with Gasteiger partial charge in [0, 0.05) is 28.5 Å². The second kappa shape index (κ2) is 7.55. The molecule has 0 saturated carbocycles. The van der Waals surface area contributed by atoms with E-state index in [0.29, 0.717) is 16.9 Å². The molecule has 0 bridgehead atoms. The molecule has 0 aliphatic rings. The SMILES string of the molecule is CC(C)(CO)C(=O)Nc1cccc(NC(=O)c2ccc3cccnc3c2)c1. The van der Waals surface area contributed by atoms with Gasteiger partial charge in [-0.3, -0.25) is 14.6 Å². The Balaban J connectivity index is 1.75. The zero-order valence-corrected chi connectivity index (χ0v) is 15.2. The fourth-order valence-electron chi connectivity index (χ4n) is 2.46. The van der Waals surface area contributed by atoms with Gasteiger partial charge in [0.2, 0.25) is 5.91 Å². The van der Waals surface area contributed by atoms with E-state index in [1.165, 1.54) is 0 Å². The van der Waals surface area contributed by atoms with Crippen LogP contribution >= 0.6 is 0 Å². The first-order valence-electron chi connectivity index (χ1n) is 8.57. The number of aliphatic hydroxyl groups excluding tert-OH is 1. The lowest BCUT2D eigenvalue weighted by Crippen LogP contribution is -2.33. The van der Waals surface area contributed by atoms with Crippen LogP contribution in [0.15, 0.2) is 60.8 Å². The molecule has 3 N–H and O–H groups in total. The predicted molar refractivity (Wildman–Crippen MR) is 106 cm³/mol. The number of carbonyl (C=O) groups excluding carboxylic acids is 2. The Kier molecular flexibility index (Phi) is 5.19. The molecular weight excluding hydrogens is 342 g/mol. The van der Waals surface area contributed by atoms with Crippen LogP contribution in [-0.4, -0.2) is 28.5 Å². The largest absolute Gasteiger partial charge is 0.395 e. The van der Waals surface area contributed by atoms with Crippen LogP contribution in [0.2, 0.25) is 0 Å². The standard InChI is InChI=1S/C21H21N3O3/c1-21(2,13-25)20(27)24-17-7-3-6-16(12-17)23-19(26)15-9-8-14-5-4-10-22-18(14)11-15/h3-12,25H,13H2,1-2H3,(H,23,26)(H,24,27). The minimum Gasteiger partial charge on any atom is -0.395 e. The molecule has 1 heterocycles. The highest BCUT2D eigenvalue weighted by Crippen LogP contribution is 2.21. The van der Waals surface area contributed by atoms with Gasteiger partial charge in [-0.1, -0.05) is 18.2 Å². The molecule has 0 radical (unpaired) electrons. The number of fused-ring (bicyclic) bond motifs is 1. The molecule has 0 saturated heterocycles. The van der Waals surface area contributed by atoms with Crippen LogP contribution in [0.3, 0.4) is 0 Å². The molecule has 6 nitrogen and oxygen atoms in total. The highest BCUT2D eigenvalue weighted by Gasteiger charge is 2.26. The van der Waals surface area contributed by atoms with Crippen molar-refractivity contribution in [3.8, 4) is 0 Å². The van der Waals surface area contributed by atoms with Gasteiger partial charge in [0.15, 0.2) is 0 Å². The van der Waals surface area contributed by atoms with Crippen molar-refractivity contribution in [2.75, 3.05) is 17.2 Å². The van der Waals surface area contributed by atoms with Crippen molar-refractivity contribution in [2.24, 2.45) is 5.41 Å². The molecule has 3 rings (SSSR count). The van der Waals surface area contributed by atoms with Gasteiger partial charge in [-0.2, -0.15) is 0 Å². The van der Waals surface area contributed by atoms with Gasteiger partial charge in [0.1, 0.15) is 0 Å². The first kappa shape index (κ1) is 18.5. The number of pyridine rings is 1. The van der Waals surface area contributed by atoms with Crippen LogP contribution in [0.25, 0.3) is 10.9 Å². The number of benzene rings is 2. The summed E-state index contributed by atoms with van der Waals surface area (Å²) in [6.07, 6.45) is 1.68. The van der Waals surface area contributed by atoms with Gasteiger partial charge in [-0.25, -0.2) is 0 Å². The highest BCUT2D eigenvalue weighted by atomic mass is 16.3. The van der Waals surface area contributed by atoms with E-state index in [9.17, 15) is 14.7 Å². The van der Waals surface area contributed by atoms with Gasteiger partial charge in [0.25, 0.3) is 5.91 Å². The molecule has 27 heavy (non-hydrogen) atoms. The van der Waals surface area contributed by atoms with Gasteiger partial charge in [-0.05, 0) is 50.2 Å². The van der Waals surface area contributed by atoms with Crippen LogP contribution in [0.1, 0.15) is 24.2 Å². The number of rotatable bonds is 5. The van der Waals surface area contributed by atoms with Crippen molar-refractivity contribution < 1.29 is 14.7 Å². The zero-order valence-electron chi connectivity index (χ0n) is 15.2. The van der Waals surface area contributed by atoms with Crippen molar-refractivity contribution in [2.45, 2.75) is 13.8 Å². The Morgan fingerprint density at radius 3 is 2.48 bits per heavy atom. The Morgan fingerprint density at radius 1 is 1.00 bits per heavy atom. The third kappa shape index (κ3) is 4.30. The number of hydrogen-bond acceptors (Lipinski definition) is 4. The molecular formula is C21H21N3O3. The lowest BCUT2D eigenvalue weighted by atomic mass is 9.93. The summed E-state index contributed by atoms with van der Waals surface area (Å²) in [7, 11) is 0. The Hall–Kier alpha value is -3.25. The molecule has 0 atom stereocenters. The Morgan fingerprint density at radius 2 is 1.74 bits per heavy atom. The molecule has 0 unspecified atom stereocenters. The van der Waals surface area contributed by atoms with E-state index in [2.05, 4.69) is 15.6 Å². The predicted octanol–water partition coefficient (Wildman–Crippen LogP) is 3.44. The van der Waals surface area contributed by atoms with Crippen LogP contribution in [-0.2, 0) is 4.79 Å². The maximum absolute atomic E-state index is 12.5. The van der Waals surface area contributed by atoms with E-state index in [1.807, 2.05) is 18.2 Å². The molecule has 6 heteroatoms. The minimum atomic E-state index is -0.892. The third-order valence-corrected chi connectivity index (χ3v) is 4.26. The lowest BCUT2D eigenvalue weighted by Gasteiger charge is -2.20. The van der Waals surface area contributed by atoms with Gasteiger partial charge in [0.05, 0.1) is 17.5 Å². The molecule has 138 valence electrons. The second-order valence-electron chi connectivity index (χ2n) is 6.94. The smallest absolute Gasteiger partial charge is 0.255 e. The summed E-state index contributed by atoms with van der Waals surface area (Å²) >= 11 is 0. The molecule has 0 fully saturated rings. The molecule has 2 aromatic carbocycles. The Labute approximate surface area is 157 Å². The van der Waals surface area contributed by atoms with Crippen LogP contribution in [0.5, 0.6) is 0 Å². The molecule has 0 spiro atoms. The van der Waals surface area contributed by atoms with Crippen LogP contribution < -0.4 is 10.6 Å². The normalized spacial score (nSPS) is 11.2. The van der Waals surface area contributed by atoms with E-state index in [0.717, 1.165) is 10.9 Å². The number of nitrogens with zero attached hydrogens (tertiary/aromatic N) is 1. The van der Waals surface area contributed by atoms with Gasteiger partial charge in [-0.15, -0.1) is 0 Å².